The smallest absolute Gasteiger partial charge is 0.334 e. The third-order valence-corrected chi connectivity index (χ3v) is 5.01. The Hall–Kier alpha value is -2.62. The molecule has 7 nitrogen and oxygen atoms in total. The van der Waals surface area contributed by atoms with Gasteiger partial charge in [0.15, 0.2) is 11.3 Å². The number of carbonyl (C=O) groups is 1. The zero-order chi connectivity index (χ0) is 20.2. The van der Waals surface area contributed by atoms with Crippen LogP contribution in [0.3, 0.4) is 0 Å². The SMILES string of the molecule is CN(Cc1c(Cl)cnn1C)C(=O)c1cc2nc(C3CC3)cc(C(F)(F)F)n2n1. The summed E-state index contributed by atoms with van der Waals surface area (Å²) in [6, 6.07) is 2.30. The Bertz CT molecular complexity index is 1050. The number of aryl methyl sites for hydroxylation is 1. The van der Waals surface area contributed by atoms with Crippen molar-refractivity contribution >= 4 is 23.2 Å². The molecule has 28 heavy (non-hydrogen) atoms. The van der Waals surface area contributed by atoms with Crippen molar-refractivity contribution in [2.45, 2.75) is 31.5 Å². The molecule has 148 valence electrons. The van der Waals surface area contributed by atoms with E-state index in [0.717, 1.165) is 18.9 Å². The molecular weight excluding hydrogens is 397 g/mol. The Morgan fingerprint density at radius 2 is 2.07 bits per heavy atom. The number of hydrogen-bond acceptors (Lipinski definition) is 4. The van der Waals surface area contributed by atoms with E-state index >= 15 is 0 Å². The number of nitrogens with zero attached hydrogens (tertiary/aromatic N) is 6. The molecule has 0 spiro atoms. The molecule has 3 heterocycles. The van der Waals surface area contributed by atoms with E-state index in [2.05, 4.69) is 15.2 Å². The third kappa shape index (κ3) is 3.32. The number of carbonyl (C=O) groups excluding carboxylic acids is 1. The monoisotopic (exact) mass is 412 g/mol. The summed E-state index contributed by atoms with van der Waals surface area (Å²) in [4.78, 5) is 18.3. The molecule has 0 atom stereocenters. The molecular formula is C17H16ClF3N6O. The largest absolute Gasteiger partial charge is 0.433 e. The molecule has 1 fully saturated rings. The predicted molar refractivity (Wildman–Crippen MR) is 94.0 cm³/mol. The molecule has 0 unspecified atom stereocenters. The highest BCUT2D eigenvalue weighted by Gasteiger charge is 2.37. The van der Waals surface area contributed by atoms with Gasteiger partial charge in [-0.15, -0.1) is 0 Å². The van der Waals surface area contributed by atoms with E-state index in [0.29, 0.717) is 20.9 Å². The van der Waals surface area contributed by atoms with E-state index in [1.165, 1.54) is 28.9 Å². The highest BCUT2D eigenvalue weighted by Crippen LogP contribution is 2.41. The van der Waals surface area contributed by atoms with Crippen LogP contribution in [0, 0.1) is 0 Å². The van der Waals surface area contributed by atoms with Crippen LogP contribution in [0.1, 0.15) is 46.3 Å². The molecule has 1 amide bonds. The topological polar surface area (TPSA) is 68.3 Å². The van der Waals surface area contributed by atoms with E-state index in [4.69, 9.17) is 11.6 Å². The van der Waals surface area contributed by atoms with Crippen molar-refractivity contribution in [1.82, 2.24) is 29.3 Å². The van der Waals surface area contributed by atoms with Crippen LogP contribution >= 0.6 is 11.6 Å². The van der Waals surface area contributed by atoms with E-state index in [1.807, 2.05) is 0 Å². The Balaban J connectivity index is 1.69. The van der Waals surface area contributed by atoms with Gasteiger partial charge in [0.25, 0.3) is 5.91 Å². The molecule has 3 aromatic rings. The molecule has 1 aliphatic rings. The Morgan fingerprint density at radius 1 is 1.36 bits per heavy atom. The lowest BCUT2D eigenvalue weighted by atomic mass is 10.2. The van der Waals surface area contributed by atoms with Crippen LogP contribution in [-0.2, 0) is 19.8 Å². The molecule has 1 saturated carbocycles. The number of fused-ring (bicyclic) bond motifs is 1. The number of rotatable bonds is 4. The first kappa shape index (κ1) is 18.7. The Labute approximate surface area is 162 Å². The van der Waals surface area contributed by atoms with Crippen LogP contribution in [0.15, 0.2) is 18.3 Å². The molecule has 1 aliphatic carbocycles. The average Bonchev–Trinajstić information content (AvgIpc) is 3.32. The first-order chi connectivity index (χ1) is 13.1. The van der Waals surface area contributed by atoms with Crippen molar-refractivity contribution in [3.63, 3.8) is 0 Å². The highest BCUT2D eigenvalue weighted by atomic mass is 35.5. The van der Waals surface area contributed by atoms with Crippen LogP contribution in [0.25, 0.3) is 5.65 Å². The fraction of sp³-hybridized carbons (Fsp3) is 0.412. The van der Waals surface area contributed by atoms with Gasteiger partial charge in [0, 0.05) is 31.8 Å². The number of aromatic nitrogens is 5. The van der Waals surface area contributed by atoms with Crippen molar-refractivity contribution in [3.8, 4) is 0 Å². The minimum Gasteiger partial charge on any atom is -0.334 e. The molecule has 3 aromatic heterocycles. The van der Waals surface area contributed by atoms with Gasteiger partial charge >= 0.3 is 6.18 Å². The Kier molecular flexibility index (Phi) is 4.33. The first-order valence-electron chi connectivity index (χ1n) is 8.55. The third-order valence-electron chi connectivity index (χ3n) is 4.70. The maximum absolute atomic E-state index is 13.5. The van der Waals surface area contributed by atoms with Gasteiger partial charge in [-0.2, -0.15) is 23.4 Å². The lowest BCUT2D eigenvalue weighted by molar-refractivity contribution is -0.142. The predicted octanol–water partition coefficient (Wildman–Crippen LogP) is 3.28. The maximum Gasteiger partial charge on any atom is 0.433 e. The molecule has 11 heteroatoms. The number of halogens is 4. The molecule has 4 rings (SSSR count). The van der Waals surface area contributed by atoms with E-state index in [1.54, 1.807) is 7.05 Å². The second kappa shape index (κ2) is 6.47. The zero-order valence-electron chi connectivity index (χ0n) is 15.0. The highest BCUT2D eigenvalue weighted by molar-refractivity contribution is 6.31. The van der Waals surface area contributed by atoms with Gasteiger partial charge in [0.2, 0.25) is 0 Å². The zero-order valence-corrected chi connectivity index (χ0v) is 15.8. The summed E-state index contributed by atoms with van der Waals surface area (Å²) in [6.07, 6.45) is -1.52. The number of alkyl halides is 3. The summed E-state index contributed by atoms with van der Waals surface area (Å²) in [5.74, 6) is -0.501. The van der Waals surface area contributed by atoms with Gasteiger partial charge in [0.1, 0.15) is 5.69 Å². The fourth-order valence-electron chi connectivity index (χ4n) is 2.99. The summed E-state index contributed by atoms with van der Waals surface area (Å²) in [6.45, 7) is 0.134. The summed E-state index contributed by atoms with van der Waals surface area (Å²) >= 11 is 6.05. The molecule has 0 radical (unpaired) electrons. The van der Waals surface area contributed by atoms with Gasteiger partial charge in [-0.25, -0.2) is 9.50 Å². The summed E-state index contributed by atoms with van der Waals surface area (Å²) < 4.78 is 42.7. The summed E-state index contributed by atoms with van der Waals surface area (Å²) in [7, 11) is 3.20. The second-order valence-electron chi connectivity index (χ2n) is 6.86. The summed E-state index contributed by atoms with van der Waals surface area (Å²) in [5, 5.41) is 8.28. The molecule has 0 N–H and O–H groups in total. The first-order valence-corrected chi connectivity index (χ1v) is 8.92. The summed E-state index contributed by atoms with van der Waals surface area (Å²) in [5.41, 5.74) is -0.0605. The average molecular weight is 413 g/mol. The van der Waals surface area contributed by atoms with Crippen LogP contribution < -0.4 is 0 Å². The number of amides is 1. The lowest BCUT2D eigenvalue weighted by Gasteiger charge is -2.16. The van der Waals surface area contributed by atoms with E-state index in [-0.39, 0.29) is 23.8 Å². The normalized spacial score (nSPS) is 14.6. The van der Waals surface area contributed by atoms with Crippen LogP contribution in [0.4, 0.5) is 13.2 Å². The second-order valence-corrected chi connectivity index (χ2v) is 7.27. The number of hydrogen-bond donors (Lipinski definition) is 0. The van der Waals surface area contributed by atoms with Crippen LogP contribution in [0.2, 0.25) is 5.02 Å². The quantitative estimate of drug-likeness (QED) is 0.659. The Morgan fingerprint density at radius 3 is 2.64 bits per heavy atom. The molecule has 0 aliphatic heterocycles. The molecule has 0 bridgehead atoms. The maximum atomic E-state index is 13.5. The van der Waals surface area contributed by atoms with Crippen LogP contribution in [-0.4, -0.2) is 42.2 Å². The fourth-order valence-corrected chi connectivity index (χ4v) is 3.22. The van der Waals surface area contributed by atoms with Crippen molar-refractivity contribution < 1.29 is 18.0 Å². The van der Waals surface area contributed by atoms with Gasteiger partial charge in [-0.05, 0) is 18.9 Å². The minimum absolute atomic E-state index is 0.00652. The minimum atomic E-state index is -4.61. The van der Waals surface area contributed by atoms with Gasteiger partial charge in [-0.1, -0.05) is 11.6 Å². The van der Waals surface area contributed by atoms with Crippen molar-refractivity contribution in [2.75, 3.05) is 7.05 Å². The molecule has 0 saturated heterocycles. The van der Waals surface area contributed by atoms with Crippen molar-refractivity contribution in [2.24, 2.45) is 7.05 Å². The van der Waals surface area contributed by atoms with Crippen LogP contribution in [0.5, 0.6) is 0 Å². The van der Waals surface area contributed by atoms with E-state index < -0.39 is 17.8 Å². The van der Waals surface area contributed by atoms with Gasteiger partial charge in [-0.3, -0.25) is 9.48 Å². The molecule has 0 aromatic carbocycles. The standard InChI is InChI=1S/C17H16ClF3N6O/c1-25(8-13-10(18)7-22-26(13)2)16(28)12-6-15-23-11(9-3-4-9)5-14(17(19,20)21)27(15)24-12/h5-7,9H,3-4,8H2,1-2H3. The van der Waals surface area contributed by atoms with Crippen molar-refractivity contribution in [3.05, 3.63) is 46.1 Å². The van der Waals surface area contributed by atoms with Crippen molar-refractivity contribution in [1.29, 1.82) is 0 Å². The van der Waals surface area contributed by atoms with Gasteiger partial charge < -0.3 is 4.90 Å². The lowest BCUT2D eigenvalue weighted by Crippen LogP contribution is -2.28. The van der Waals surface area contributed by atoms with Gasteiger partial charge in [0.05, 0.1) is 23.5 Å². The van der Waals surface area contributed by atoms with E-state index in [9.17, 15) is 18.0 Å².